The van der Waals surface area contributed by atoms with Crippen LogP contribution in [0.3, 0.4) is 0 Å². The summed E-state index contributed by atoms with van der Waals surface area (Å²) in [6.45, 7) is 9.89. The Kier molecular flexibility index (Phi) is 5.20. The number of amides is 1. The minimum Gasteiger partial charge on any atom is -0.327 e. The molecule has 0 bridgehead atoms. The number of piperazine rings is 1. The van der Waals surface area contributed by atoms with Crippen LogP contribution in [0.25, 0.3) is 0 Å². The number of hydrogen-bond donors (Lipinski definition) is 0. The van der Waals surface area contributed by atoms with E-state index < -0.39 is 0 Å². The lowest BCUT2D eigenvalue weighted by Gasteiger charge is -2.41. The maximum absolute atomic E-state index is 10.8. The van der Waals surface area contributed by atoms with Crippen molar-refractivity contribution in [1.82, 2.24) is 9.80 Å². The van der Waals surface area contributed by atoms with Gasteiger partial charge < -0.3 is 4.90 Å². The number of hydrogen-bond acceptors (Lipinski definition) is 2. The smallest absolute Gasteiger partial charge is 0.316 e. The van der Waals surface area contributed by atoms with E-state index >= 15 is 0 Å². The van der Waals surface area contributed by atoms with Crippen LogP contribution < -0.4 is 0 Å². The Morgan fingerprint density at radius 1 is 1.14 bits per heavy atom. The molecular formula is C9H18Cl2N2O. The topological polar surface area (TPSA) is 23.6 Å². The van der Waals surface area contributed by atoms with Gasteiger partial charge in [0.15, 0.2) is 0 Å². The third kappa shape index (κ3) is 3.64. The first-order chi connectivity index (χ1) is 5.91. The molecule has 1 heterocycles. The lowest BCUT2D eigenvalue weighted by Crippen LogP contribution is -2.53. The van der Waals surface area contributed by atoms with Crippen molar-refractivity contribution in [2.45, 2.75) is 26.3 Å². The van der Waals surface area contributed by atoms with Gasteiger partial charge in [-0.1, -0.05) is 0 Å². The molecule has 0 unspecified atom stereocenters. The molecule has 0 atom stereocenters. The largest absolute Gasteiger partial charge is 0.327 e. The Bertz CT molecular complexity index is 195. The third-order valence-electron chi connectivity index (χ3n) is 2.48. The Hall–Kier alpha value is 0.01000. The number of rotatable bonds is 0. The molecule has 1 aliphatic rings. The monoisotopic (exact) mass is 240 g/mol. The maximum atomic E-state index is 10.8. The second kappa shape index (κ2) is 5.19. The van der Waals surface area contributed by atoms with Gasteiger partial charge in [0.05, 0.1) is 0 Å². The molecule has 0 radical (unpaired) electrons. The number of halogens is 2. The average molecular weight is 241 g/mol. The summed E-state index contributed by atoms with van der Waals surface area (Å²) in [5, 5.41) is -0.325. The normalized spacial score (nSPS) is 19.0. The van der Waals surface area contributed by atoms with Crippen LogP contribution in [-0.2, 0) is 0 Å². The fourth-order valence-corrected chi connectivity index (χ4v) is 1.72. The van der Waals surface area contributed by atoms with E-state index in [0.717, 1.165) is 26.2 Å². The van der Waals surface area contributed by atoms with Crippen LogP contribution in [0.1, 0.15) is 20.8 Å². The molecule has 1 aliphatic heterocycles. The molecule has 1 rings (SSSR count). The summed E-state index contributed by atoms with van der Waals surface area (Å²) < 4.78 is 0. The molecular weight excluding hydrogens is 223 g/mol. The summed E-state index contributed by atoms with van der Waals surface area (Å²) in [6.07, 6.45) is 0. The van der Waals surface area contributed by atoms with Crippen LogP contribution in [0, 0.1) is 0 Å². The lowest BCUT2D eigenvalue weighted by molar-refractivity contribution is 0.0797. The van der Waals surface area contributed by atoms with Crippen molar-refractivity contribution in [3.8, 4) is 0 Å². The zero-order valence-electron chi connectivity index (χ0n) is 8.92. The quantitative estimate of drug-likeness (QED) is 0.479. The van der Waals surface area contributed by atoms with E-state index in [2.05, 4.69) is 25.7 Å². The second-order valence-corrected chi connectivity index (χ2v) is 4.72. The fourth-order valence-electron chi connectivity index (χ4n) is 1.55. The summed E-state index contributed by atoms with van der Waals surface area (Å²) in [5.74, 6) is 0. The summed E-state index contributed by atoms with van der Waals surface area (Å²) in [4.78, 5) is 14.9. The van der Waals surface area contributed by atoms with Gasteiger partial charge in [-0.15, -0.1) is 12.4 Å². The van der Waals surface area contributed by atoms with E-state index in [0.29, 0.717) is 0 Å². The summed E-state index contributed by atoms with van der Waals surface area (Å²) in [5.41, 5.74) is 0.196. The molecule has 0 saturated carbocycles. The standard InChI is InChI=1S/C9H17ClN2O.ClH/c1-9(2,3)12-6-4-11(5-7-12)8(10)13;/h4-7H2,1-3H3;1H. The van der Waals surface area contributed by atoms with Crippen LogP contribution in [0.15, 0.2) is 0 Å². The summed E-state index contributed by atoms with van der Waals surface area (Å²) in [7, 11) is 0. The molecule has 5 heteroatoms. The van der Waals surface area contributed by atoms with Gasteiger partial charge in [0, 0.05) is 31.7 Å². The van der Waals surface area contributed by atoms with Crippen LogP contribution >= 0.6 is 24.0 Å². The van der Waals surface area contributed by atoms with Gasteiger partial charge in [0.25, 0.3) is 0 Å². The van der Waals surface area contributed by atoms with Crippen molar-refractivity contribution < 1.29 is 4.79 Å². The van der Waals surface area contributed by atoms with Gasteiger partial charge in [-0.25, -0.2) is 0 Å². The van der Waals surface area contributed by atoms with Crippen LogP contribution in [0.5, 0.6) is 0 Å². The minimum absolute atomic E-state index is 0. The highest BCUT2D eigenvalue weighted by Crippen LogP contribution is 2.16. The zero-order chi connectivity index (χ0) is 10.1. The van der Waals surface area contributed by atoms with Crippen LogP contribution in [-0.4, -0.2) is 46.9 Å². The molecule has 1 fully saturated rings. The Morgan fingerprint density at radius 2 is 1.57 bits per heavy atom. The number of nitrogens with zero attached hydrogens (tertiary/aromatic N) is 2. The molecule has 0 aromatic rings. The fraction of sp³-hybridized carbons (Fsp3) is 0.889. The van der Waals surface area contributed by atoms with Crippen molar-refractivity contribution in [3.63, 3.8) is 0 Å². The van der Waals surface area contributed by atoms with E-state index in [-0.39, 0.29) is 23.3 Å². The average Bonchev–Trinajstić information content (AvgIpc) is 2.03. The SMILES string of the molecule is CC(C)(C)N1CCN(C(=O)Cl)CC1.Cl. The van der Waals surface area contributed by atoms with Crippen molar-refractivity contribution in [2.24, 2.45) is 0 Å². The molecule has 0 aliphatic carbocycles. The second-order valence-electron chi connectivity index (χ2n) is 4.40. The van der Waals surface area contributed by atoms with Crippen LogP contribution in [0.4, 0.5) is 4.79 Å². The van der Waals surface area contributed by atoms with E-state index in [1.165, 1.54) is 0 Å². The van der Waals surface area contributed by atoms with E-state index in [9.17, 15) is 4.79 Å². The highest BCUT2D eigenvalue weighted by Gasteiger charge is 2.26. The van der Waals surface area contributed by atoms with Gasteiger partial charge in [-0.05, 0) is 32.4 Å². The van der Waals surface area contributed by atoms with Gasteiger partial charge in [-0.3, -0.25) is 9.69 Å². The predicted molar refractivity (Wildman–Crippen MR) is 61.4 cm³/mol. The third-order valence-corrected chi connectivity index (χ3v) is 2.72. The number of carbonyl (C=O) groups excluding carboxylic acids is 1. The van der Waals surface area contributed by atoms with Crippen molar-refractivity contribution in [3.05, 3.63) is 0 Å². The maximum Gasteiger partial charge on any atom is 0.316 e. The molecule has 0 aromatic heterocycles. The van der Waals surface area contributed by atoms with Gasteiger partial charge >= 0.3 is 5.37 Å². The van der Waals surface area contributed by atoms with Crippen molar-refractivity contribution in [1.29, 1.82) is 0 Å². The number of carbonyl (C=O) groups is 1. The zero-order valence-corrected chi connectivity index (χ0v) is 10.5. The van der Waals surface area contributed by atoms with E-state index in [1.54, 1.807) is 4.90 Å². The summed E-state index contributed by atoms with van der Waals surface area (Å²) in [6, 6.07) is 0. The molecule has 0 aromatic carbocycles. The lowest BCUT2D eigenvalue weighted by atomic mass is 10.1. The van der Waals surface area contributed by atoms with E-state index in [4.69, 9.17) is 11.6 Å². The minimum atomic E-state index is -0.325. The summed E-state index contributed by atoms with van der Waals surface area (Å²) >= 11 is 5.39. The molecule has 1 saturated heterocycles. The Balaban J connectivity index is 0.00000169. The molecule has 1 amide bonds. The van der Waals surface area contributed by atoms with Crippen LogP contribution in [0.2, 0.25) is 0 Å². The first kappa shape index (κ1) is 14.0. The van der Waals surface area contributed by atoms with Gasteiger partial charge in [-0.2, -0.15) is 0 Å². The highest BCUT2D eigenvalue weighted by atomic mass is 35.5. The Morgan fingerprint density at radius 3 is 1.86 bits per heavy atom. The molecule has 84 valence electrons. The first-order valence-electron chi connectivity index (χ1n) is 4.61. The first-order valence-corrected chi connectivity index (χ1v) is 4.98. The van der Waals surface area contributed by atoms with Gasteiger partial charge in [0.1, 0.15) is 0 Å². The molecule has 3 nitrogen and oxygen atoms in total. The highest BCUT2D eigenvalue weighted by molar-refractivity contribution is 6.62. The molecule has 0 spiro atoms. The van der Waals surface area contributed by atoms with Gasteiger partial charge in [0.2, 0.25) is 0 Å². The van der Waals surface area contributed by atoms with Crippen molar-refractivity contribution >= 4 is 29.4 Å². The Labute approximate surface area is 96.8 Å². The molecule has 14 heavy (non-hydrogen) atoms. The van der Waals surface area contributed by atoms with E-state index in [1.807, 2.05) is 0 Å². The predicted octanol–water partition coefficient (Wildman–Crippen LogP) is 2.18. The van der Waals surface area contributed by atoms with Crippen molar-refractivity contribution in [2.75, 3.05) is 26.2 Å². The molecule has 0 N–H and O–H groups in total.